The van der Waals surface area contributed by atoms with E-state index in [1.807, 2.05) is 31.2 Å². The van der Waals surface area contributed by atoms with Crippen molar-refractivity contribution in [1.29, 1.82) is 0 Å². The summed E-state index contributed by atoms with van der Waals surface area (Å²) >= 11 is 6.07. The monoisotopic (exact) mass is 451 g/mol. The molecule has 32 heavy (non-hydrogen) atoms. The molecule has 6 nitrogen and oxygen atoms in total. The summed E-state index contributed by atoms with van der Waals surface area (Å²) in [6.45, 7) is 1.95. The molecule has 2 aliphatic rings. The lowest BCUT2D eigenvalue weighted by atomic mass is 9.79. The van der Waals surface area contributed by atoms with E-state index in [2.05, 4.69) is 0 Å². The first-order valence-electron chi connectivity index (χ1n) is 10.2. The predicted octanol–water partition coefficient (Wildman–Crippen LogP) is 4.47. The molecule has 2 aromatic carbocycles. The number of allylic oxidation sites excluding steroid dienone is 2. The lowest BCUT2D eigenvalue weighted by molar-refractivity contribution is -0.139. The normalized spacial score (nSPS) is 18.1. The molecule has 7 heteroatoms. The highest BCUT2D eigenvalue weighted by Crippen LogP contribution is 2.49. The number of hydrogen-bond acceptors (Lipinski definition) is 6. The van der Waals surface area contributed by atoms with Gasteiger partial charge in [-0.2, -0.15) is 0 Å². The summed E-state index contributed by atoms with van der Waals surface area (Å²) in [5.41, 5.74) is 3.66. The van der Waals surface area contributed by atoms with Crippen LogP contribution in [0.4, 0.5) is 5.69 Å². The number of esters is 2. The molecule has 1 heterocycles. The first-order chi connectivity index (χ1) is 15.4. The van der Waals surface area contributed by atoms with E-state index in [0.717, 1.165) is 11.1 Å². The van der Waals surface area contributed by atoms with Crippen LogP contribution in [0.3, 0.4) is 0 Å². The molecule has 1 aliphatic heterocycles. The van der Waals surface area contributed by atoms with Crippen molar-refractivity contribution in [3.8, 4) is 0 Å². The molecular formula is C25H22ClNO5. The van der Waals surface area contributed by atoms with E-state index >= 15 is 0 Å². The number of aryl methyl sites for hydroxylation is 1. The first kappa shape index (κ1) is 21.8. The van der Waals surface area contributed by atoms with Gasteiger partial charge in [-0.15, -0.1) is 0 Å². The molecule has 1 atom stereocenters. The molecule has 0 amide bonds. The van der Waals surface area contributed by atoms with Crippen LogP contribution in [0.1, 0.15) is 29.9 Å². The molecule has 0 aromatic heterocycles. The molecule has 0 spiro atoms. The van der Waals surface area contributed by atoms with Crippen molar-refractivity contribution in [2.24, 2.45) is 0 Å². The minimum absolute atomic E-state index is 0.0423. The highest BCUT2D eigenvalue weighted by atomic mass is 35.5. The van der Waals surface area contributed by atoms with Crippen LogP contribution in [0.15, 0.2) is 71.1 Å². The Kier molecular flexibility index (Phi) is 5.89. The van der Waals surface area contributed by atoms with Crippen LogP contribution in [0, 0.1) is 6.92 Å². The van der Waals surface area contributed by atoms with E-state index in [-0.39, 0.29) is 17.1 Å². The molecule has 164 valence electrons. The van der Waals surface area contributed by atoms with Crippen LogP contribution in [-0.2, 0) is 23.9 Å². The maximum Gasteiger partial charge on any atom is 0.355 e. The smallest absolute Gasteiger partial charge is 0.355 e. The average molecular weight is 452 g/mol. The average Bonchev–Trinajstić information content (AvgIpc) is 3.19. The van der Waals surface area contributed by atoms with Crippen molar-refractivity contribution < 1.29 is 23.9 Å². The van der Waals surface area contributed by atoms with Crippen molar-refractivity contribution in [3.63, 3.8) is 0 Å². The Balaban J connectivity index is 2.06. The minimum Gasteiger partial charge on any atom is -0.466 e. The van der Waals surface area contributed by atoms with E-state index in [9.17, 15) is 14.4 Å². The molecule has 0 radical (unpaired) electrons. The zero-order chi connectivity index (χ0) is 23.0. The van der Waals surface area contributed by atoms with Crippen molar-refractivity contribution in [2.75, 3.05) is 19.1 Å². The van der Waals surface area contributed by atoms with Gasteiger partial charge in [-0.05, 0) is 43.2 Å². The molecule has 0 bridgehead atoms. The van der Waals surface area contributed by atoms with Gasteiger partial charge in [0.05, 0.1) is 19.8 Å². The topological polar surface area (TPSA) is 72.9 Å². The second kappa shape index (κ2) is 8.63. The molecule has 4 rings (SSSR count). The van der Waals surface area contributed by atoms with E-state index in [0.29, 0.717) is 34.8 Å². The standard InChI is InChI=1S/C25H22ClNO5/c1-14-4-6-15(7-5-14)20-21-18(12-13-19(21)28)27(17-10-8-16(26)9-11-17)23(25(30)32-3)22(20)24(29)31-2/h4-11,20H,12-13H2,1-3H3. The van der Waals surface area contributed by atoms with Crippen molar-refractivity contribution in [3.05, 3.63) is 87.2 Å². The lowest BCUT2D eigenvalue weighted by Crippen LogP contribution is -2.37. The lowest BCUT2D eigenvalue weighted by Gasteiger charge is -2.37. The van der Waals surface area contributed by atoms with Gasteiger partial charge in [0, 0.05) is 34.3 Å². The quantitative estimate of drug-likeness (QED) is 0.638. The van der Waals surface area contributed by atoms with Gasteiger partial charge in [0.1, 0.15) is 5.70 Å². The number of nitrogens with zero attached hydrogens (tertiary/aromatic N) is 1. The Bertz CT molecular complexity index is 1160. The zero-order valence-electron chi connectivity index (χ0n) is 18.0. The summed E-state index contributed by atoms with van der Waals surface area (Å²) in [5, 5.41) is 0.525. The summed E-state index contributed by atoms with van der Waals surface area (Å²) in [6, 6.07) is 14.4. The molecular weight excluding hydrogens is 430 g/mol. The van der Waals surface area contributed by atoms with Crippen LogP contribution >= 0.6 is 11.6 Å². The Morgan fingerprint density at radius 2 is 1.56 bits per heavy atom. The van der Waals surface area contributed by atoms with Crippen molar-refractivity contribution >= 4 is 35.0 Å². The number of methoxy groups -OCH3 is 2. The summed E-state index contributed by atoms with van der Waals surface area (Å²) in [5.74, 6) is -2.18. The zero-order valence-corrected chi connectivity index (χ0v) is 18.7. The molecule has 1 aliphatic carbocycles. The maximum absolute atomic E-state index is 13.1. The fourth-order valence-electron chi connectivity index (χ4n) is 4.35. The number of ether oxygens (including phenoxy) is 2. The summed E-state index contributed by atoms with van der Waals surface area (Å²) in [4.78, 5) is 40.9. The molecule has 0 fully saturated rings. The molecule has 0 N–H and O–H groups in total. The Morgan fingerprint density at radius 1 is 0.938 bits per heavy atom. The number of halogens is 1. The molecule has 2 aromatic rings. The molecule has 0 saturated carbocycles. The first-order valence-corrected chi connectivity index (χ1v) is 10.5. The Morgan fingerprint density at radius 3 is 2.16 bits per heavy atom. The SMILES string of the molecule is COC(=O)C1=C(C(=O)OC)N(c2ccc(Cl)cc2)C2=C(C(=O)CC2)C1c1ccc(C)cc1. The number of Topliss-reactive ketones (excluding diaryl/α,β-unsaturated/α-hetero) is 1. The number of carbonyl (C=O) groups excluding carboxylic acids is 3. The fourth-order valence-corrected chi connectivity index (χ4v) is 4.47. The third-order valence-corrected chi connectivity index (χ3v) is 6.06. The fraction of sp³-hybridized carbons (Fsp3) is 0.240. The van der Waals surface area contributed by atoms with Crippen LogP contribution in [0.2, 0.25) is 5.02 Å². The minimum atomic E-state index is -0.731. The largest absolute Gasteiger partial charge is 0.466 e. The highest BCUT2D eigenvalue weighted by molar-refractivity contribution is 6.30. The third kappa shape index (κ3) is 3.60. The van der Waals surface area contributed by atoms with Crippen LogP contribution in [0.5, 0.6) is 0 Å². The van der Waals surface area contributed by atoms with Gasteiger partial charge in [-0.3, -0.25) is 4.79 Å². The van der Waals surface area contributed by atoms with E-state index in [4.69, 9.17) is 21.1 Å². The van der Waals surface area contributed by atoms with Gasteiger partial charge in [-0.1, -0.05) is 41.4 Å². The van der Waals surface area contributed by atoms with Crippen LogP contribution in [0.25, 0.3) is 0 Å². The number of carbonyl (C=O) groups is 3. The third-order valence-electron chi connectivity index (χ3n) is 5.81. The van der Waals surface area contributed by atoms with Crippen LogP contribution < -0.4 is 4.90 Å². The summed E-state index contributed by atoms with van der Waals surface area (Å²) in [7, 11) is 2.51. The Hall–Kier alpha value is -3.38. The van der Waals surface area contributed by atoms with Gasteiger partial charge in [0.15, 0.2) is 5.78 Å². The van der Waals surface area contributed by atoms with Crippen molar-refractivity contribution in [1.82, 2.24) is 0 Å². The maximum atomic E-state index is 13.1. The number of benzene rings is 2. The van der Waals surface area contributed by atoms with Gasteiger partial charge >= 0.3 is 11.9 Å². The summed E-state index contributed by atoms with van der Waals surface area (Å²) in [6.07, 6.45) is 0.730. The predicted molar refractivity (Wildman–Crippen MR) is 120 cm³/mol. The Labute approximate surface area is 191 Å². The van der Waals surface area contributed by atoms with Gasteiger partial charge in [0.2, 0.25) is 0 Å². The summed E-state index contributed by atoms with van der Waals surface area (Å²) < 4.78 is 10.2. The van der Waals surface area contributed by atoms with E-state index < -0.39 is 17.9 Å². The number of rotatable bonds is 4. The highest BCUT2D eigenvalue weighted by Gasteiger charge is 2.47. The van der Waals surface area contributed by atoms with Gasteiger partial charge in [0.25, 0.3) is 0 Å². The van der Waals surface area contributed by atoms with E-state index in [1.54, 1.807) is 29.2 Å². The van der Waals surface area contributed by atoms with Crippen LogP contribution in [-0.4, -0.2) is 31.9 Å². The van der Waals surface area contributed by atoms with Gasteiger partial charge < -0.3 is 14.4 Å². The van der Waals surface area contributed by atoms with Crippen molar-refractivity contribution in [2.45, 2.75) is 25.7 Å². The number of ketones is 1. The number of hydrogen-bond donors (Lipinski definition) is 0. The number of anilines is 1. The van der Waals surface area contributed by atoms with E-state index in [1.165, 1.54) is 14.2 Å². The second-order valence-electron chi connectivity index (χ2n) is 7.68. The second-order valence-corrected chi connectivity index (χ2v) is 8.12. The molecule has 0 saturated heterocycles. The molecule has 1 unspecified atom stereocenters. The van der Waals surface area contributed by atoms with Gasteiger partial charge in [-0.25, -0.2) is 9.59 Å².